The Hall–Kier alpha value is -2.14. The number of hydrogen-bond donors (Lipinski definition) is 6. The van der Waals surface area contributed by atoms with Gasteiger partial charge in [0.15, 0.2) is 0 Å². The van der Waals surface area contributed by atoms with Crippen LogP contribution in [0.3, 0.4) is 0 Å². The highest BCUT2D eigenvalue weighted by Crippen LogP contribution is 2.28. The van der Waals surface area contributed by atoms with E-state index >= 15 is 0 Å². The van der Waals surface area contributed by atoms with Crippen LogP contribution in [0.25, 0.3) is 0 Å². The summed E-state index contributed by atoms with van der Waals surface area (Å²) in [7, 11) is -1.71. The number of hydrogen-bond acceptors (Lipinski definition) is 6. The SMILES string of the molecule is CC(=O)N[C@@H](C(=O)N[C@@H](C(=O)NCC(=O)N[C@H](C)B(O)O)C(C)C)C1CCCC1. The Morgan fingerprint density at radius 2 is 1.55 bits per heavy atom. The lowest BCUT2D eigenvalue weighted by Gasteiger charge is -2.27. The van der Waals surface area contributed by atoms with E-state index in [1.165, 1.54) is 13.8 Å². The number of amides is 4. The van der Waals surface area contributed by atoms with Crippen molar-refractivity contribution < 1.29 is 29.2 Å². The summed E-state index contributed by atoms with van der Waals surface area (Å²) in [6.07, 6.45) is 3.67. The number of carbonyl (C=O) groups is 4. The van der Waals surface area contributed by atoms with Crippen LogP contribution < -0.4 is 21.3 Å². The molecule has 10 nitrogen and oxygen atoms in total. The summed E-state index contributed by atoms with van der Waals surface area (Å²) in [5.74, 6) is -2.94. The zero-order valence-electron chi connectivity index (χ0n) is 17.5. The van der Waals surface area contributed by atoms with Crippen LogP contribution in [0.15, 0.2) is 0 Å². The lowest BCUT2D eigenvalue weighted by atomic mass is 9.81. The Balaban J connectivity index is 2.69. The highest BCUT2D eigenvalue weighted by molar-refractivity contribution is 6.43. The normalized spacial score (nSPS) is 17.2. The lowest BCUT2D eigenvalue weighted by Crippen LogP contribution is -2.57. The first kappa shape index (κ1) is 24.9. The van der Waals surface area contributed by atoms with Gasteiger partial charge in [0.25, 0.3) is 0 Å². The maximum absolute atomic E-state index is 12.8. The summed E-state index contributed by atoms with van der Waals surface area (Å²) in [5, 5.41) is 28.2. The third kappa shape index (κ3) is 8.40. The van der Waals surface area contributed by atoms with E-state index in [4.69, 9.17) is 10.0 Å². The molecule has 11 heteroatoms. The van der Waals surface area contributed by atoms with Gasteiger partial charge in [0.2, 0.25) is 23.6 Å². The highest BCUT2D eigenvalue weighted by atomic mass is 16.4. The standard InChI is InChI=1S/C18H33BN4O6/c1-10(2)15(17(26)20-9-14(25)21-11(3)19(28)29)23-18(27)16(22-12(4)24)13-7-5-6-8-13/h10-11,13,15-16,28-29H,5-9H2,1-4H3,(H,20,26)(H,21,25)(H,22,24)(H,23,27)/t11-,15-,16-/m1/s1. The smallest absolute Gasteiger partial charge is 0.426 e. The van der Waals surface area contributed by atoms with Gasteiger partial charge in [0.1, 0.15) is 12.1 Å². The maximum Gasteiger partial charge on any atom is 0.475 e. The van der Waals surface area contributed by atoms with Gasteiger partial charge in [-0.2, -0.15) is 0 Å². The molecule has 0 bridgehead atoms. The van der Waals surface area contributed by atoms with E-state index < -0.39 is 42.9 Å². The summed E-state index contributed by atoms with van der Waals surface area (Å²) >= 11 is 0. The highest BCUT2D eigenvalue weighted by Gasteiger charge is 2.34. The fraction of sp³-hybridized carbons (Fsp3) is 0.778. The van der Waals surface area contributed by atoms with Crippen molar-refractivity contribution in [2.45, 2.75) is 71.4 Å². The molecule has 1 aliphatic carbocycles. The Morgan fingerprint density at radius 3 is 2.03 bits per heavy atom. The second-order valence-electron chi connectivity index (χ2n) is 7.94. The molecule has 0 spiro atoms. The van der Waals surface area contributed by atoms with Gasteiger partial charge in [0, 0.05) is 6.92 Å². The second kappa shape index (κ2) is 11.8. The van der Waals surface area contributed by atoms with Crippen LogP contribution in [0.1, 0.15) is 53.4 Å². The molecule has 1 aliphatic rings. The molecule has 1 fully saturated rings. The number of carbonyl (C=O) groups excluding carboxylic acids is 4. The molecular weight excluding hydrogens is 379 g/mol. The summed E-state index contributed by atoms with van der Waals surface area (Å²) in [6.45, 7) is 5.92. The van der Waals surface area contributed by atoms with E-state index in [-0.39, 0.29) is 24.3 Å². The summed E-state index contributed by atoms with van der Waals surface area (Å²) in [6, 6.07) is -1.58. The summed E-state index contributed by atoms with van der Waals surface area (Å²) in [5.41, 5.74) is 0. The van der Waals surface area contributed by atoms with Gasteiger partial charge < -0.3 is 31.3 Å². The minimum absolute atomic E-state index is 0.0342. The van der Waals surface area contributed by atoms with Gasteiger partial charge >= 0.3 is 7.12 Å². The van der Waals surface area contributed by atoms with Crippen molar-refractivity contribution in [2.24, 2.45) is 11.8 Å². The van der Waals surface area contributed by atoms with E-state index in [0.29, 0.717) is 0 Å². The van der Waals surface area contributed by atoms with Crippen LogP contribution in [-0.2, 0) is 19.2 Å². The van der Waals surface area contributed by atoms with Gasteiger partial charge in [0.05, 0.1) is 12.5 Å². The van der Waals surface area contributed by atoms with Crippen LogP contribution in [0.2, 0.25) is 0 Å². The Labute approximate surface area is 171 Å². The van der Waals surface area contributed by atoms with Crippen LogP contribution in [0, 0.1) is 11.8 Å². The van der Waals surface area contributed by atoms with Crippen LogP contribution in [0.5, 0.6) is 0 Å². The number of nitrogens with one attached hydrogen (secondary N) is 4. The largest absolute Gasteiger partial charge is 0.475 e. The predicted molar refractivity (Wildman–Crippen MR) is 107 cm³/mol. The van der Waals surface area contributed by atoms with Crippen molar-refractivity contribution in [2.75, 3.05) is 6.54 Å². The van der Waals surface area contributed by atoms with Gasteiger partial charge in [-0.05, 0) is 31.6 Å². The molecule has 1 rings (SSSR count). The zero-order chi connectivity index (χ0) is 22.1. The molecule has 0 aliphatic heterocycles. The van der Waals surface area contributed by atoms with Gasteiger partial charge in [-0.15, -0.1) is 0 Å². The molecule has 0 saturated heterocycles. The van der Waals surface area contributed by atoms with E-state index in [2.05, 4.69) is 21.3 Å². The Kier molecular flexibility index (Phi) is 10.1. The van der Waals surface area contributed by atoms with Crippen molar-refractivity contribution in [3.8, 4) is 0 Å². The third-order valence-electron chi connectivity index (χ3n) is 5.02. The van der Waals surface area contributed by atoms with E-state index in [1.807, 2.05) is 0 Å². The molecule has 0 aromatic carbocycles. The molecule has 0 aromatic rings. The minimum atomic E-state index is -1.71. The third-order valence-corrected chi connectivity index (χ3v) is 5.02. The fourth-order valence-electron chi connectivity index (χ4n) is 3.34. The van der Waals surface area contributed by atoms with Crippen molar-refractivity contribution in [1.82, 2.24) is 21.3 Å². The van der Waals surface area contributed by atoms with Gasteiger partial charge in [-0.25, -0.2) is 0 Å². The quantitative estimate of drug-likeness (QED) is 0.239. The monoisotopic (exact) mass is 412 g/mol. The molecular formula is C18H33BN4O6. The minimum Gasteiger partial charge on any atom is -0.426 e. The lowest BCUT2D eigenvalue weighted by molar-refractivity contribution is -0.134. The first-order valence-electron chi connectivity index (χ1n) is 10.0. The number of rotatable bonds is 10. The molecule has 3 atom stereocenters. The first-order chi connectivity index (χ1) is 13.5. The van der Waals surface area contributed by atoms with E-state index in [9.17, 15) is 19.2 Å². The van der Waals surface area contributed by atoms with E-state index in [1.54, 1.807) is 13.8 Å². The second-order valence-corrected chi connectivity index (χ2v) is 7.94. The molecule has 6 N–H and O–H groups in total. The molecule has 4 amide bonds. The topological polar surface area (TPSA) is 157 Å². The molecule has 29 heavy (non-hydrogen) atoms. The van der Waals surface area contributed by atoms with Crippen LogP contribution in [0.4, 0.5) is 0 Å². The molecule has 0 heterocycles. The van der Waals surface area contributed by atoms with Gasteiger partial charge in [-0.1, -0.05) is 26.7 Å². The summed E-state index contributed by atoms with van der Waals surface area (Å²) < 4.78 is 0. The Bertz CT molecular complexity index is 595. The molecule has 0 radical (unpaired) electrons. The summed E-state index contributed by atoms with van der Waals surface area (Å²) in [4.78, 5) is 48.7. The first-order valence-corrected chi connectivity index (χ1v) is 10.0. The van der Waals surface area contributed by atoms with E-state index in [0.717, 1.165) is 25.7 Å². The maximum atomic E-state index is 12.8. The molecule has 1 saturated carbocycles. The average Bonchev–Trinajstić information content (AvgIpc) is 3.15. The molecule has 0 unspecified atom stereocenters. The van der Waals surface area contributed by atoms with Crippen LogP contribution >= 0.6 is 0 Å². The fourth-order valence-corrected chi connectivity index (χ4v) is 3.34. The average molecular weight is 412 g/mol. The van der Waals surface area contributed by atoms with Crippen molar-refractivity contribution in [1.29, 1.82) is 0 Å². The van der Waals surface area contributed by atoms with Crippen molar-refractivity contribution >= 4 is 30.7 Å². The van der Waals surface area contributed by atoms with Crippen molar-refractivity contribution in [3.05, 3.63) is 0 Å². The van der Waals surface area contributed by atoms with Gasteiger partial charge in [-0.3, -0.25) is 19.2 Å². The van der Waals surface area contributed by atoms with Crippen LogP contribution in [-0.4, -0.2) is 65.4 Å². The predicted octanol–water partition coefficient (Wildman–Crippen LogP) is -1.54. The zero-order valence-corrected chi connectivity index (χ0v) is 17.5. The molecule has 164 valence electrons. The molecule has 0 aromatic heterocycles. The Morgan fingerprint density at radius 1 is 0.966 bits per heavy atom. The van der Waals surface area contributed by atoms with Crippen molar-refractivity contribution in [3.63, 3.8) is 0 Å².